The third-order valence-electron chi connectivity index (χ3n) is 2.39. The molecule has 86 valence electrons. The number of hydrogen-bond acceptors (Lipinski definition) is 2. The molecule has 0 aliphatic heterocycles. The number of aromatic carboxylic acids is 1. The maximum absolute atomic E-state index is 10.8. The Kier molecular flexibility index (Phi) is 4.11. The van der Waals surface area contributed by atoms with Gasteiger partial charge in [0.05, 0.1) is 5.56 Å². The summed E-state index contributed by atoms with van der Waals surface area (Å²) in [6.07, 6.45) is 2.73. The third kappa shape index (κ3) is 3.12. The molecule has 0 aliphatic carbocycles. The van der Waals surface area contributed by atoms with Crippen LogP contribution in [0.25, 0.3) is 0 Å². The molecule has 0 spiro atoms. The number of aryl methyl sites for hydroxylation is 1. The maximum Gasteiger partial charge on any atom is 0.335 e. The minimum Gasteiger partial charge on any atom is -0.478 e. The van der Waals surface area contributed by atoms with E-state index in [1.165, 1.54) is 0 Å². The van der Waals surface area contributed by atoms with Crippen molar-refractivity contribution in [2.24, 2.45) is 0 Å². The first kappa shape index (κ1) is 12.3. The standard InChI is InChI=1S/C13H17NO2/c1-4-5-10(3)14-11-6-7-12(13(15)16)9(2)8-11/h4,6-8,10,14H,1,5H2,2-3H3,(H,15,16). The van der Waals surface area contributed by atoms with Crippen molar-refractivity contribution in [3.8, 4) is 0 Å². The fourth-order valence-electron chi connectivity index (χ4n) is 1.59. The van der Waals surface area contributed by atoms with E-state index >= 15 is 0 Å². The highest BCUT2D eigenvalue weighted by Gasteiger charge is 2.07. The van der Waals surface area contributed by atoms with Crippen LogP contribution in [0.5, 0.6) is 0 Å². The van der Waals surface area contributed by atoms with E-state index in [1.807, 2.05) is 12.1 Å². The van der Waals surface area contributed by atoms with Gasteiger partial charge in [-0.25, -0.2) is 4.79 Å². The van der Waals surface area contributed by atoms with Crippen molar-refractivity contribution >= 4 is 11.7 Å². The molecule has 3 heteroatoms. The SMILES string of the molecule is C=CCC(C)Nc1ccc(C(=O)O)c(C)c1. The highest BCUT2D eigenvalue weighted by Crippen LogP contribution is 2.16. The molecule has 3 nitrogen and oxygen atoms in total. The van der Waals surface area contributed by atoms with E-state index in [1.54, 1.807) is 19.1 Å². The average molecular weight is 219 g/mol. The molecule has 0 saturated heterocycles. The minimum atomic E-state index is -0.886. The van der Waals surface area contributed by atoms with Crippen LogP contribution in [-0.2, 0) is 0 Å². The second-order valence-electron chi connectivity index (χ2n) is 3.90. The molecule has 0 aromatic heterocycles. The van der Waals surface area contributed by atoms with Crippen molar-refractivity contribution in [2.45, 2.75) is 26.3 Å². The lowest BCUT2D eigenvalue weighted by Gasteiger charge is -2.14. The lowest BCUT2D eigenvalue weighted by molar-refractivity contribution is 0.0696. The van der Waals surface area contributed by atoms with Gasteiger partial charge < -0.3 is 10.4 Å². The predicted molar refractivity (Wildman–Crippen MR) is 66.0 cm³/mol. The van der Waals surface area contributed by atoms with Gasteiger partial charge in [-0.1, -0.05) is 6.08 Å². The Labute approximate surface area is 95.8 Å². The zero-order valence-electron chi connectivity index (χ0n) is 9.66. The van der Waals surface area contributed by atoms with Crippen molar-refractivity contribution in [1.29, 1.82) is 0 Å². The number of hydrogen-bond donors (Lipinski definition) is 2. The Hall–Kier alpha value is -1.77. The van der Waals surface area contributed by atoms with Gasteiger partial charge in [0.2, 0.25) is 0 Å². The van der Waals surface area contributed by atoms with Gasteiger partial charge in [-0.15, -0.1) is 6.58 Å². The van der Waals surface area contributed by atoms with Crippen LogP contribution in [-0.4, -0.2) is 17.1 Å². The van der Waals surface area contributed by atoms with Gasteiger partial charge in [0.15, 0.2) is 0 Å². The van der Waals surface area contributed by atoms with Gasteiger partial charge in [0.25, 0.3) is 0 Å². The quantitative estimate of drug-likeness (QED) is 0.748. The second kappa shape index (κ2) is 5.35. The molecule has 0 radical (unpaired) electrons. The van der Waals surface area contributed by atoms with Gasteiger partial charge in [0, 0.05) is 11.7 Å². The number of carboxylic acid groups (broad SMARTS) is 1. The van der Waals surface area contributed by atoms with Crippen LogP contribution in [0.4, 0.5) is 5.69 Å². The normalized spacial score (nSPS) is 11.9. The van der Waals surface area contributed by atoms with Gasteiger partial charge in [-0.3, -0.25) is 0 Å². The van der Waals surface area contributed by atoms with E-state index in [-0.39, 0.29) is 0 Å². The number of nitrogens with one attached hydrogen (secondary N) is 1. The summed E-state index contributed by atoms with van der Waals surface area (Å²) in [4.78, 5) is 10.8. The molecule has 1 atom stereocenters. The summed E-state index contributed by atoms with van der Waals surface area (Å²) in [5.41, 5.74) is 2.06. The molecule has 2 N–H and O–H groups in total. The van der Waals surface area contributed by atoms with Crippen LogP contribution in [0.15, 0.2) is 30.9 Å². The van der Waals surface area contributed by atoms with Crippen LogP contribution in [0, 0.1) is 6.92 Å². The zero-order chi connectivity index (χ0) is 12.1. The van der Waals surface area contributed by atoms with Gasteiger partial charge in [0.1, 0.15) is 0 Å². The van der Waals surface area contributed by atoms with Crippen molar-refractivity contribution in [3.63, 3.8) is 0 Å². The first-order chi connectivity index (χ1) is 7.54. The molecule has 0 fully saturated rings. The molecule has 16 heavy (non-hydrogen) atoms. The van der Waals surface area contributed by atoms with Gasteiger partial charge >= 0.3 is 5.97 Å². The number of carboxylic acids is 1. The van der Waals surface area contributed by atoms with E-state index < -0.39 is 5.97 Å². The Morgan fingerprint density at radius 1 is 1.62 bits per heavy atom. The monoisotopic (exact) mass is 219 g/mol. The van der Waals surface area contributed by atoms with Crippen LogP contribution < -0.4 is 5.32 Å². The Balaban J connectivity index is 2.81. The van der Waals surface area contributed by atoms with E-state index in [0.29, 0.717) is 11.6 Å². The molecule has 1 aromatic rings. The van der Waals surface area contributed by atoms with Crippen LogP contribution >= 0.6 is 0 Å². The summed E-state index contributed by atoms with van der Waals surface area (Å²) < 4.78 is 0. The zero-order valence-corrected chi connectivity index (χ0v) is 9.66. The summed E-state index contributed by atoms with van der Waals surface area (Å²) in [6, 6.07) is 5.56. The third-order valence-corrected chi connectivity index (χ3v) is 2.39. The Morgan fingerprint density at radius 3 is 2.81 bits per heavy atom. The molecule has 0 aliphatic rings. The van der Waals surface area contributed by atoms with Crippen molar-refractivity contribution < 1.29 is 9.90 Å². The molecule has 1 rings (SSSR count). The maximum atomic E-state index is 10.8. The molecule has 0 amide bonds. The Bertz CT molecular complexity index is 399. The predicted octanol–water partition coefficient (Wildman–Crippen LogP) is 3.07. The molecular weight excluding hydrogens is 202 g/mol. The lowest BCUT2D eigenvalue weighted by Crippen LogP contribution is -2.14. The first-order valence-corrected chi connectivity index (χ1v) is 5.26. The van der Waals surface area contributed by atoms with Crippen molar-refractivity contribution in [3.05, 3.63) is 42.0 Å². The number of benzene rings is 1. The smallest absolute Gasteiger partial charge is 0.335 e. The molecule has 0 saturated carbocycles. The molecular formula is C13H17NO2. The molecule has 0 heterocycles. The highest BCUT2D eigenvalue weighted by molar-refractivity contribution is 5.89. The molecule has 1 aromatic carbocycles. The van der Waals surface area contributed by atoms with E-state index in [4.69, 9.17) is 5.11 Å². The van der Waals surface area contributed by atoms with Crippen LogP contribution in [0.3, 0.4) is 0 Å². The minimum absolute atomic E-state index is 0.299. The first-order valence-electron chi connectivity index (χ1n) is 5.26. The fraction of sp³-hybridized carbons (Fsp3) is 0.308. The second-order valence-corrected chi connectivity index (χ2v) is 3.90. The summed E-state index contributed by atoms with van der Waals surface area (Å²) in [5.74, 6) is -0.886. The van der Waals surface area contributed by atoms with Crippen LogP contribution in [0.1, 0.15) is 29.3 Å². The fourth-order valence-corrected chi connectivity index (χ4v) is 1.59. The molecule has 1 unspecified atom stereocenters. The number of anilines is 1. The Morgan fingerprint density at radius 2 is 2.31 bits per heavy atom. The van der Waals surface area contributed by atoms with Crippen LogP contribution in [0.2, 0.25) is 0 Å². The van der Waals surface area contributed by atoms with Gasteiger partial charge in [-0.2, -0.15) is 0 Å². The number of carbonyl (C=O) groups is 1. The average Bonchev–Trinajstić information content (AvgIpc) is 2.17. The summed E-state index contributed by atoms with van der Waals surface area (Å²) in [7, 11) is 0. The van der Waals surface area contributed by atoms with E-state index in [2.05, 4.69) is 18.8 Å². The number of rotatable bonds is 5. The lowest BCUT2D eigenvalue weighted by atomic mass is 10.1. The summed E-state index contributed by atoms with van der Waals surface area (Å²) in [5, 5.41) is 12.2. The van der Waals surface area contributed by atoms with Crippen molar-refractivity contribution in [1.82, 2.24) is 0 Å². The molecule has 0 bridgehead atoms. The summed E-state index contributed by atoms with van der Waals surface area (Å²) in [6.45, 7) is 7.54. The summed E-state index contributed by atoms with van der Waals surface area (Å²) >= 11 is 0. The van der Waals surface area contributed by atoms with Crippen molar-refractivity contribution in [2.75, 3.05) is 5.32 Å². The largest absolute Gasteiger partial charge is 0.478 e. The topological polar surface area (TPSA) is 49.3 Å². The van der Waals surface area contributed by atoms with E-state index in [0.717, 1.165) is 17.7 Å². The van der Waals surface area contributed by atoms with Gasteiger partial charge in [-0.05, 0) is 44.0 Å². The highest BCUT2D eigenvalue weighted by atomic mass is 16.4. The van der Waals surface area contributed by atoms with E-state index in [9.17, 15) is 4.79 Å².